The molecule has 2 fully saturated rings. The predicted octanol–water partition coefficient (Wildman–Crippen LogP) is 3.89. The van der Waals surface area contributed by atoms with Crippen LogP contribution in [-0.4, -0.2) is 23.2 Å². The normalized spacial score (nSPS) is 28.7. The van der Waals surface area contributed by atoms with Crippen LogP contribution in [0.3, 0.4) is 0 Å². The maximum absolute atomic E-state index is 12.5. The minimum absolute atomic E-state index is 0.0479. The zero-order chi connectivity index (χ0) is 14.7. The van der Waals surface area contributed by atoms with Crippen molar-refractivity contribution >= 4 is 17.7 Å². The maximum atomic E-state index is 12.5. The van der Waals surface area contributed by atoms with Crippen molar-refractivity contribution in [1.82, 2.24) is 10.3 Å². The Kier molecular flexibility index (Phi) is 4.84. The first-order valence-electron chi connectivity index (χ1n) is 8.08. The second-order valence-corrected chi connectivity index (χ2v) is 7.14. The summed E-state index contributed by atoms with van der Waals surface area (Å²) in [6.45, 7) is 0. The summed E-state index contributed by atoms with van der Waals surface area (Å²) < 4.78 is 0. The second-order valence-electron chi connectivity index (χ2n) is 6.35. The Morgan fingerprint density at radius 1 is 1.24 bits per heavy atom. The highest BCUT2D eigenvalue weighted by molar-refractivity contribution is 7.98. The van der Waals surface area contributed by atoms with Crippen LogP contribution in [0.15, 0.2) is 23.4 Å². The lowest BCUT2D eigenvalue weighted by atomic mass is 9.69. The van der Waals surface area contributed by atoms with Crippen molar-refractivity contribution in [1.29, 1.82) is 0 Å². The van der Waals surface area contributed by atoms with Crippen molar-refractivity contribution in [3.05, 3.63) is 23.9 Å². The third-order valence-electron chi connectivity index (χ3n) is 5.08. The molecule has 1 amide bonds. The van der Waals surface area contributed by atoms with Crippen LogP contribution in [0, 0.1) is 11.8 Å². The zero-order valence-corrected chi connectivity index (χ0v) is 13.5. The van der Waals surface area contributed by atoms with E-state index < -0.39 is 0 Å². The van der Waals surface area contributed by atoms with Gasteiger partial charge >= 0.3 is 0 Å². The van der Waals surface area contributed by atoms with E-state index in [1.165, 1.54) is 50.3 Å². The van der Waals surface area contributed by atoms with Gasteiger partial charge in [-0.2, -0.15) is 0 Å². The number of rotatable bonds is 3. The number of nitrogens with zero attached hydrogens (tertiary/aromatic N) is 1. The molecule has 2 saturated carbocycles. The molecule has 4 heteroatoms. The quantitative estimate of drug-likeness (QED) is 0.861. The molecule has 0 bridgehead atoms. The molecule has 114 valence electrons. The molecule has 2 aliphatic carbocycles. The van der Waals surface area contributed by atoms with E-state index in [-0.39, 0.29) is 5.91 Å². The lowest BCUT2D eigenvalue weighted by molar-refractivity contribution is 0.0876. The first kappa shape index (κ1) is 14.9. The number of pyridine rings is 1. The molecule has 3 nitrogen and oxygen atoms in total. The van der Waals surface area contributed by atoms with Gasteiger partial charge in [0.05, 0.1) is 5.56 Å². The SMILES string of the molecule is CSc1ncccc1C(=O)N[C@@H]1CC[C@@H]2CCCC[C@H]2C1. The van der Waals surface area contributed by atoms with Gasteiger partial charge in [-0.15, -0.1) is 11.8 Å². The summed E-state index contributed by atoms with van der Waals surface area (Å²) in [5.41, 5.74) is 0.718. The Bertz CT molecular complexity index is 505. The van der Waals surface area contributed by atoms with Crippen molar-refractivity contribution in [3.63, 3.8) is 0 Å². The van der Waals surface area contributed by atoms with E-state index in [9.17, 15) is 4.79 Å². The van der Waals surface area contributed by atoms with Crippen LogP contribution < -0.4 is 5.32 Å². The molecular weight excluding hydrogens is 280 g/mol. The van der Waals surface area contributed by atoms with Gasteiger partial charge in [0.15, 0.2) is 0 Å². The van der Waals surface area contributed by atoms with Gasteiger partial charge in [0.1, 0.15) is 5.03 Å². The number of amides is 1. The Balaban J connectivity index is 1.62. The molecule has 21 heavy (non-hydrogen) atoms. The van der Waals surface area contributed by atoms with Crippen LogP contribution >= 0.6 is 11.8 Å². The Morgan fingerprint density at radius 2 is 2.05 bits per heavy atom. The molecule has 0 aliphatic heterocycles. The molecule has 2 aliphatic rings. The number of aromatic nitrogens is 1. The van der Waals surface area contributed by atoms with Gasteiger partial charge in [0.25, 0.3) is 5.91 Å². The summed E-state index contributed by atoms with van der Waals surface area (Å²) in [4.78, 5) is 16.8. The third-order valence-corrected chi connectivity index (χ3v) is 5.80. The molecular formula is C17H24N2OS. The van der Waals surface area contributed by atoms with E-state index in [1.54, 1.807) is 6.20 Å². The Hall–Kier alpha value is -1.03. The average Bonchev–Trinajstić information content (AvgIpc) is 2.54. The van der Waals surface area contributed by atoms with Crippen LogP contribution in [0.4, 0.5) is 0 Å². The number of carbonyl (C=O) groups is 1. The molecule has 3 atom stereocenters. The van der Waals surface area contributed by atoms with E-state index in [2.05, 4.69) is 10.3 Å². The van der Waals surface area contributed by atoms with Gasteiger partial charge in [-0.1, -0.05) is 25.7 Å². The summed E-state index contributed by atoms with van der Waals surface area (Å²) in [5, 5.41) is 4.07. The number of hydrogen-bond acceptors (Lipinski definition) is 3. The van der Waals surface area contributed by atoms with Gasteiger partial charge < -0.3 is 5.32 Å². The summed E-state index contributed by atoms with van der Waals surface area (Å²) in [7, 11) is 0. The number of hydrogen-bond donors (Lipinski definition) is 1. The fraction of sp³-hybridized carbons (Fsp3) is 0.647. The lowest BCUT2D eigenvalue weighted by Gasteiger charge is -2.39. The zero-order valence-electron chi connectivity index (χ0n) is 12.7. The summed E-state index contributed by atoms with van der Waals surface area (Å²) in [6.07, 6.45) is 12.9. The smallest absolute Gasteiger partial charge is 0.254 e. The lowest BCUT2D eigenvalue weighted by Crippen LogP contribution is -2.41. The van der Waals surface area contributed by atoms with Crippen molar-refractivity contribution in [2.45, 2.75) is 56.0 Å². The molecule has 0 saturated heterocycles. The number of carbonyl (C=O) groups excluding carboxylic acids is 1. The molecule has 0 radical (unpaired) electrons. The highest BCUT2D eigenvalue weighted by Crippen LogP contribution is 2.40. The molecule has 1 heterocycles. The molecule has 0 unspecified atom stereocenters. The van der Waals surface area contributed by atoms with Crippen molar-refractivity contribution in [2.24, 2.45) is 11.8 Å². The van der Waals surface area contributed by atoms with Crippen LogP contribution in [0.25, 0.3) is 0 Å². The number of fused-ring (bicyclic) bond motifs is 1. The van der Waals surface area contributed by atoms with Gasteiger partial charge in [0, 0.05) is 12.2 Å². The average molecular weight is 304 g/mol. The molecule has 1 aromatic rings. The van der Waals surface area contributed by atoms with E-state index in [1.807, 2.05) is 18.4 Å². The maximum Gasteiger partial charge on any atom is 0.254 e. The van der Waals surface area contributed by atoms with E-state index in [0.29, 0.717) is 6.04 Å². The van der Waals surface area contributed by atoms with Crippen molar-refractivity contribution < 1.29 is 4.79 Å². The topological polar surface area (TPSA) is 42.0 Å². The first-order valence-corrected chi connectivity index (χ1v) is 9.30. The summed E-state index contributed by atoms with van der Waals surface area (Å²) in [5.74, 6) is 1.81. The van der Waals surface area contributed by atoms with Crippen molar-refractivity contribution in [2.75, 3.05) is 6.26 Å². The number of nitrogens with one attached hydrogen (secondary N) is 1. The highest BCUT2D eigenvalue weighted by atomic mass is 32.2. The van der Waals surface area contributed by atoms with Gasteiger partial charge in [0.2, 0.25) is 0 Å². The monoisotopic (exact) mass is 304 g/mol. The van der Waals surface area contributed by atoms with E-state index in [4.69, 9.17) is 0 Å². The minimum atomic E-state index is 0.0479. The van der Waals surface area contributed by atoms with Gasteiger partial charge in [-0.3, -0.25) is 4.79 Å². The van der Waals surface area contributed by atoms with Crippen LogP contribution in [-0.2, 0) is 0 Å². The molecule has 1 N–H and O–H groups in total. The van der Waals surface area contributed by atoms with Gasteiger partial charge in [-0.05, 0) is 49.5 Å². The highest BCUT2D eigenvalue weighted by Gasteiger charge is 2.32. The summed E-state index contributed by atoms with van der Waals surface area (Å²) in [6, 6.07) is 4.07. The second kappa shape index (κ2) is 6.82. The molecule has 3 rings (SSSR count). The minimum Gasteiger partial charge on any atom is -0.349 e. The van der Waals surface area contributed by atoms with Gasteiger partial charge in [-0.25, -0.2) is 4.98 Å². The predicted molar refractivity (Wildman–Crippen MR) is 86.6 cm³/mol. The fourth-order valence-electron chi connectivity index (χ4n) is 3.99. The molecule has 0 spiro atoms. The Morgan fingerprint density at radius 3 is 2.86 bits per heavy atom. The summed E-state index contributed by atoms with van der Waals surface area (Å²) >= 11 is 1.53. The third kappa shape index (κ3) is 3.42. The van der Waals surface area contributed by atoms with Crippen LogP contribution in [0.2, 0.25) is 0 Å². The van der Waals surface area contributed by atoms with Crippen molar-refractivity contribution in [3.8, 4) is 0 Å². The Labute approximate surface area is 131 Å². The first-order chi connectivity index (χ1) is 10.3. The molecule has 1 aromatic heterocycles. The fourth-order valence-corrected chi connectivity index (χ4v) is 4.54. The number of thioether (sulfide) groups is 1. The molecule has 0 aromatic carbocycles. The standard InChI is InChI=1S/C17H24N2OS/c1-21-17-15(7-4-10-18-17)16(20)19-14-9-8-12-5-2-3-6-13(12)11-14/h4,7,10,12-14H,2-3,5-6,8-9,11H2,1H3,(H,19,20)/t12-,13-,14+/m0/s1. The largest absolute Gasteiger partial charge is 0.349 e. The van der Waals surface area contributed by atoms with Crippen LogP contribution in [0.5, 0.6) is 0 Å². The van der Waals surface area contributed by atoms with E-state index in [0.717, 1.165) is 28.8 Å². The van der Waals surface area contributed by atoms with Crippen LogP contribution in [0.1, 0.15) is 55.3 Å². The van der Waals surface area contributed by atoms with E-state index >= 15 is 0 Å².